The fourth-order valence-electron chi connectivity index (χ4n) is 14.7. The molecule has 358 valence electrons. The van der Waals surface area contributed by atoms with Crippen molar-refractivity contribution in [2.24, 2.45) is 0 Å². The van der Waals surface area contributed by atoms with E-state index in [-0.39, 0.29) is 0 Å². The van der Waals surface area contributed by atoms with Crippen LogP contribution in [0.1, 0.15) is 44.5 Å². The fourth-order valence-corrected chi connectivity index (χ4v) is 14.7. The zero-order valence-electron chi connectivity index (χ0n) is 41.9. The smallest absolute Gasteiger partial charge is 0.143 e. The van der Waals surface area contributed by atoms with Crippen molar-refractivity contribution in [1.82, 2.24) is 0 Å². The number of rotatable bonds is 5. The van der Waals surface area contributed by atoms with Crippen LogP contribution in [-0.2, 0) is 10.8 Å². The number of nitrogens with zero attached hydrogens (tertiary/aromatic N) is 2. The highest BCUT2D eigenvalue weighted by Gasteiger charge is 2.54. The Balaban J connectivity index is 0.952. The maximum absolute atomic E-state index is 6.64. The molecule has 0 radical (unpaired) electrons. The van der Waals surface area contributed by atoms with Crippen LogP contribution in [0.2, 0.25) is 0 Å². The van der Waals surface area contributed by atoms with Crippen LogP contribution in [0, 0.1) is 0 Å². The van der Waals surface area contributed by atoms with Crippen molar-refractivity contribution >= 4 is 56.1 Å². The molecule has 0 bridgehead atoms. The largest absolute Gasteiger partial charge is 0.455 e. The molecule has 1 aliphatic heterocycles. The lowest BCUT2D eigenvalue weighted by molar-refractivity contribution is 0.670. The van der Waals surface area contributed by atoms with Crippen LogP contribution in [0.3, 0.4) is 0 Å². The summed E-state index contributed by atoms with van der Waals surface area (Å²) in [5.41, 5.74) is 27.5. The molecule has 0 saturated heterocycles. The number of hydrogen-bond donors (Lipinski definition) is 0. The Morgan fingerprint density at radius 2 is 0.714 bits per heavy atom. The van der Waals surface area contributed by atoms with Crippen LogP contribution in [-0.4, -0.2) is 0 Å². The molecule has 77 heavy (non-hydrogen) atoms. The van der Waals surface area contributed by atoms with Crippen molar-refractivity contribution in [2.45, 2.75) is 10.8 Å². The summed E-state index contributed by atoms with van der Waals surface area (Å²) < 4.78 is 6.64. The third-order valence-electron chi connectivity index (χ3n) is 17.5. The fraction of sp³-hybridized carbons (Fsp3) is 0.0270. The quantitative estimate of drug-likeness (QED) is 0.171. The molecule has 13 aromatic rings. The average molecular weight is 979 g/mol. The number of benzene rings is 12. The van der Waals surface area contributed by atoms with Crippen molar-refractivity contribution in [3.8, 4) is 44.5 Å². The van der Waals surface area contributed by atoms with Gasteiger partial charge >= 0.3 is 0 Å². The second-order valence-electron chi connectivity index (χ2n) is 20.9. The summed E-state index contributed by atoms with van der Waals surface area (Å²) in [4.78, 5) is 5.04. The SMILES string of the molecule is c1ccc(N2c3ccccc3C3(c4ccccc4-c4c(N(c5ccc(-c6cccc7c6oc6ccccc67)cc5)c5cccc6c5-c5ccccc5C65c6ccccc6-c6ccccc65)cccc43)c3ccccc32)cc1. The summed E-state index contributed by atoms with van der Waals surface area (Å²) >= 11 is 0. The monoisotopic (exact) mass is 978 g/mol. The molecule has 0 amide bonds. The second kappa shape index (κ2) is 15.8. The number of anilines is 6. The van der Waals surface area contributed by atoms with E-state index in [0.29, 0.717) is 0 Å². The summed E-state index contributed by atoms with van der Waals surface area (Å²) in [6.45, 7) is 0. The number of para-hydroxylation sites is 5. The third-order valence-corrected chi connectivity index (χ3v) is 17.5. The Labute approximate surface area is 446 Å². The highest BCUT2D eigenvalue weighted by Crippen LogP contribution is 2.68. The van der Waals surface area contributed by atoms with Crippen LogP contribution in [0.25, 0.3) is 66.4 Å². The van der Waals surface area contributed by atoms with Crippen LogP contribution >= 0.6 is 0 Å². The Hall–Kier alpha value is -9.96. The minimum absolute atomic E-state index is 0.509. The number of furan rings is 1. The van der Waals surface area contributed by atoms with E-state index in [4.69, 9.17) is 4.42 Å². The molecule has 0 unspecified atom stereocenters. The zero-order valence-corrected chi connectivity index (χ0v) is 41.9. The first-order chi connectivity index (χ1) is 38.2. The van der Waals surface area contributed by atoms with Gasteiger partial charge in [0.25, 0.3) is 0 Å². The van der Waals surface area contributed by atoms with Gasteiger partial charge in [-0.05, 0) is 127 Å². The maximum atomic E-state index is 6.64. The number of fused-ring (bicyclic) bond motifs is 22. The minimum atomic E-state index is -0.631. The summed E-state index contributed by atoms with van der Waals surface area (Å²) in [5, 5.41) is 2.25. The van der Waals surface area contributed by atoms with E-state index in [2.05, 4.69) is 283 Å². The molecule has 2 heterocycles. The van der Waals surface area contributed by atoms with Gasteiger partial charge < -0.3 is 14.2 Å². The molecule has 2 spiro atoms. The minimum Gasteiger partial charge on any atom is -0.455 e. The van der Waals surface area contributed by atoms with Crippen LogP contribution < -0.4 is 9.80 Å². The van der Waals surface area contributed by atoms with Crippen molar-refractivity contribution in [2.75, 3.05) is 9.80 Å². The van der Waals surface area contributed by atoms with E-state index in [9.17, 15) is 0 Å². The summed E-state index contributed by atoms with van der Waals surface area (Å²) in [5.74, 6) is 0. The van der Waals surface area contributed by atoms with E-state index in [1.807, 2.05) is 6.07 Å². The van der Waals surface area contributed by atoms with Crippen LogP contribution in [0.5, 0.6) is 0 Å². The first kappa shape index (κ1) is 42.4. The van der Waals surface area contributed by atoms with Gasteiger partial charge in [0.15, 0.2) is 0 Å². The molecule has 0 N–H and O–H groups in total. The maximum Gasteiger partial charge on any atom is 0.143 e. The molecule has 1 aromatic heterocycles. The first-order valence-corrected chi connectivity index (χ1v) is 26.8. The molecule has 12 aromatic carbocycles. The van der Waals surface area contributed by atoms with E-state index < -0.39 is 10.8 Å². The number of hydrogen-bond acceptors (Lipinski definition) is 3. The van der Waals surface area contributed by atoms with Gasteiger partial charge in [0.2, 0.25) is 0 Å². The van der Waals surface area contributed by atoms with Gasteiger partial charge in [0.1, 0.15) is 11.2 Å². The van der Waals surface area contributed by atoms with Gasteiger partial charge in [-0.3, -0.25) is 0 Å². The van der Waals surface area contributed by atoms with E-state index in [1.54, 1.807) is 0 Å². The van der Waals surface area contributed by atoms with E-state index >= 15 is 0 Å². The Kier molecular flexibility index (Phi) is 8.69. The Bertz CT molecular complexity index is 4510. The van der Waals surface area contributed by atoms with Gasteiger partial charge in [-0.15, -0.1) is 0 Å². The molecule has 0 fully saturated rings. The Morgan fingerprint density at radius 1 is 0.299 bits per heavy atom. The van der Waals surface area contributed by atoms with Crippen molar-refractivity contribution in [1.29, 1.82) is 0 Å². The standard InChI is InChI=1S/C74H46N2O/c1-2-21-48(22-3-1)75-65-38-15-13-34-61(65)74(62-35-14-16-39-66(62)75)60-33-12-7-27-56(60)71-64(74)37-20-41-68(71)76(49-45-43-47(44-46-49)50-28-18-29-54-53-25-8-17-42-69(53)77-72(50)54)67-40-19-36-63-70(67)55-26-6-11-32-59(55)73(63)57-30-9-4-23-51(57)52-24-5-10-31-58(52)73/h1-46H. The lowest BCUT2D eigenvalue weighted by Gasteiger charge is -2.45. The summed E-state index contributed by atoms with van der Waals surface area (Å²) in [6, 6.07) is 104. The molecular formula is C74H46N2O. The molecule has 3 aliphatic carbocycles. The summed E-state index contributed by atoms with van der Waals surface area (Å²) in [6.07, 6.45) is 0. The third kappa shape index (κ3) is 5.44. The van der Waals surface area contributed by atoms with Crippen molar-refractivity contribution in [3.05, 3.63) is 324 Å². The van der Waals surface area contributed by atoms with E-state index in [0.717, 1.165) is 55.8 Å². The predicted octanol–water partition coefficient (Wildman–Crippen LogP) is 19.2. The second-order valence-corrected chi connectivity index (χ2v) is 20.9. The zero-order chi connectivity index (χ0) is 50.4. The van der Waals surface area contributed by atoms with Gasteiger partial charge in [-0.2, -0.15) is 0 Å². The molecule has 0 saturated carbocycles. The van der Waals surface area contributed by atoms with Gasteiger partial charge in [0, 0.05) is 38.8 Å². The van der Waals surface area contributed by atoms with E-state index in [1.165, 1.54) is 89.3 Å². The summed E-state index contributed by atoms with van der Waals surface area (Å²) in [7, 11) is 0. The lowest BCUT2D eigenvalue weighted by Crippen LogP contribution is -2.36. The molecule has 4 aliphatic rings. The molecule has 17 rings (SSSR count). The van der Waals surface area contributed by atoms with Crippen LogP contribution in [0.15, 0.2) is 283 Å². The van der Waals surface area contributed by atoms with Crippen molar-refractivity contribution < 1.29 is 4.42 Å². The highest BCUT2D eigenvalue weighted by molar-refractivity contribution is 6.10. The molecule has 0 atom stereocenters. The first-order valence-electron chi connectivity index (χ1n) is 26.8. The van der Waals surface area contributed by atoms with Gasteiger partial charge in [0.05, 0.1) is 33.6 Å². The average Bonchev–Trinajstić information content (AvgIpc) is 4.36. The lowest BCUT2D eigenvalue weighted by atomic mass is 9.64. The molecular weight excluding hydrogens is 933 g/mol. The molecule has 3 heteroatoms. The van der Waals surface area contributed by atoms with Crippen LogP contribution in [0.4, 0.5) is 34.1 Å². The Morgan fingerprint density at radius 3 is 1.30 bits per heavy atom. The van der Waals surface area contributed by atoms with Gasteiger partial charge in [-0.25, -0.2) is 0 Å². The molecule has 3 nitrogen and oxygen atoms in total. The predicted molar refractivity (Wildman–Crippen MR) is 316 cm³/mol. The highest BCUT2D eigenvalue weighted by atomic mass is 16.3. The van der Waals surface area contributed by atoms with Crippen molar-refractivity contribution in [3.63, 3.8) is 0 Å². The van der Waals surface area contributed by atoms with Gasteiger partial charge in [-0.1, -0.05) is 224 Å². The topological polar surface area (TPSA) is 19.6 Å². The normalized spacial score (nSPS) is 14.2.